The summed E-state index contributed by atoms with van der Waals surface area (Å²) in [6.07, 6.45) is 1.85. The average Bonchev–Trinajstić information content (AvgIpc) is 2.38. The van der Waals surface area contributed by atoms with Crippen LogP contribution in [-0.2, 0) is 4.74 Å². The van der Waals surface area contributed by atoms with Crippen LogP contribution >= 0.6 is 0 Å². The van der Waals surface area contributed by atoms with Crippen molar-refractivity contribution in [1.82, 2.24) is 4.90 Å². The van der Waals surface area contributed by atoms with E-state index in [0.29, 0.717) is 5.92 Å². The Balaban J connectivity index is 0.00000200. The largest absolute Gasteiger partial charge is 1.00 e. The molecule has 1 saturated heterocycles. The van der Waals surface area contributed by atoms with Crippen molar-refractivity contribution in [3.63, 3.8) is 0 Å². The maximum Gasteiger partial charge on any atom is 1.00 e. The van der Waals surface area contributed by atoms with E-state index in [-0.39, 0.29) is 26.4 Å². The normalized spacial score (nSPS) is 16.4. The van der Waals surface area contributed by atoms with E-state index >= 15 is 0 Å². The summed E-state index contributed by atoms with van der Waals surface area (Å²) < 4.78 is 5.41. The van der Waals surface area contributed by atoms with Crippen LogP contribution in [0.25, 0.3) is 0 Å². The number of rotatable bonds is 1. The molecule has 3 nitrogen and oxygen atoms in total. The summed E-state index contributed by atoms with van der Waals surface area (Å²) in [5, 5.41) is 0. The topological polar surface area (TPSA) is 29.5 Å². The molecule has 20 heavy (non-hydrogen) atoms. The summed E-state index contributed by atoms with van der Waals surface area (Å²) >= 11 is 0. The minimum Gasteiger partial charge on any atom is -1.00 e. The van der Waals surface area contributed by atoms with Crippen LogP contribution in [0.5, 0.6) is 0 Å². The molecule has 1 heterocycles. The van der Waals surface area contributed by atoms with Gasteiger partial charge in [-0.2, -0.15) is 0 Å². The Labute approximate surface area is 135 Å². The molecule has 0 unspecified atom stereocenters. The van der Waals surface area contributed by atoms with Crippen molar-refractivity contribution in [3.05, 3.63) is 35.9 Å². The number of carbonyl (C=O) groups excluding carboxylic acids is 1. The molecule has 0 saturated carbocycles. The van der Waals surface area contributed by atoms with E-state index in [0.717, 1.165) is 25.9 Å². The van der Waals surface area contributed by atoms with Crippen LogP contribution in [-0.4, -0.2) is 29.7 Å². The smallest absolute Gasteiger partial charge is 1.00 e. The molecule has 1 fully saturated rings. The summed E-state index contributed by atoms with van der Waals surface area (Å²) in [5.41, 5.74) is 0.972. The summed E-state index contributed by atoms with van der Waals surface area (Å²) in [5.74, 6) is 0.569. The summed E-state index contributed by atoms with van der Waals surface area (Å²) in [7, 11) is 0. The molecule has 2 rings (SSSR count). The van der Waals surface area contributed by atoms with Gasteiger partial charge >= 0.3 is 25.0 Å². The van der Waals surface area contributed by atoms with Gasteiger partial charge in [-0.3, -0.25) is 0 Å². The van der Waals surface area contributed by atoms with E-state index < -0.39 is 5.60 Å². The summed E-state index contributed by atoms with van der Waals surface area (Å²) in [4.78, 5) is 13.8. The zero-order valence-corrected chi connectivity index (χ0v) is 13.1. The summed E-state index contributed by atoms with van der Waals surface area (Å²) in [6, 6.07) is 10.5. The number of benzene rings is 1. The maximum absolute atomic E-state index is 12.0. The van der Waals surface area contributed by atoms with Crippen LogP contribution in [0, 0.1) is 0 Å². The van der Waals surface area contributed by atoms with Gasteiger partial charge in [-0.05, 0) is 45.1 Å². The molecular weight excluding hydrogens is 245 g/mol. The standard InChI is InChI=1S/C16H23NO2.Li.H/c1-16(2,3)19-15(18)17-11-9-14(10-12-17)13-7-5-4-6-8-13;;/h4-8,14H,9-12H2,1-3H3;;/q;+1;-1. The fourth-order valence-corrected chi connectivity index (χ4v) is 2.45. The second-order valence-corrected chi connectivity index (χ2v) is 6.15. The molecule has 106 valence electrons. The Morgan fingerprint density at radius 2 is 1.75 bits per heavy atom. The van der Waals surface area contributed by atoms with E-state index in [1.165, 1.54) is 5.56 Å². The molecule has 0 N–H and O–H groups in total. The van der Waals surface area contributed by atoms with Crippen LogP contribution in [0.15, 0.2) is 30.3 Å². The Morgan fingerprint density at radius 1 is 1.20 bits per heavy atom. The molecular formula is C16H24LiNO2. The van der Waals surface area contributed by atoms with Crippen molar-refractivity contribution in [2.75, 3.05) is 13.1 Å². The first-order valence-corrected chi connectivity index (χ1v) is 6.98. The first-order chi connectivity index (χ1) is 8.96. The second kappa shape index (κ2) is 7.20. The predicted octanol–water partition coefficient (Wildman–Crippen LogP) is 0.918. The van der Waals surface area contributed by atoms with E-state index in [2.05, 4.69) is 24.3 Å². The number of hydrogen-bond acceptors (Lipinski definition) is 2. The van der Waals surface area contributed by atoms with E-state index in [1.54, 1.807) is 0 Å². The van der Waals surface area contributed by atoms with Crippen LogP contribution in [0.4, 0.5) is 4.79 Å². The number of carbonyl (C=O) groups is 1. The fourth-order valence-electron chi connectivity index (χ4n) is 2.45. The molecule has 4 heteroatoms. The molecule has 0 radical (unpaired) electrons. The molecule has 0 aromatic heterocycles. The van der Waals surface area contributed by atoms with Crippen molar-refractivity contribution < 1.29 is 29.8 Å². The minimum absolute atomic E-state index is 0. The van der Waals surface area contributed by atoms with Gasteiger partial charge in [0.1, 0.15) is 5.60 Å². The van der Waals surface area contributed by atoms with Crippen molar-refractivity contribution in [1.29, 1.82) is 0 Å². The number of likely N-dealkylation sites (tertiary alicyclic amines) is 1. The van der Waals surface area contributed by atoms with Crippen LogP contribution in [0.3, 0.4) is 0 Å². The Bertz CT molecular complexity index is 426. The number of piperidine rings is 1. The van der Waals surface area contributed by atoms with Crippen molar-refractivity contribution in [2.24, 2.45) is 0 Å². The van der Waals surface area contributed by atoms with Crippen molar-refractivity contribution in [3.8, 4) is 0 Å². The number of nitrogens with zero attached hydrogens (tertiary/aromatic N) is 1. The zero-order chi connectivity index (χ0) is 13.9. The second-order valence-electron chi connectivity index (χ2n) is 6.15. The van der Waals surface area contributed by atoms with Gasteiger partial charge in [-0.25, -0.2) is 4.79 Å². The van der Waals surface area contributed by atoms with E-state index in [4.69, 9.17) is 4.74 Å². The molecule has 1 amide bonds. The Hall–Kier alpha value is -0.913. The third-order valence-corrected chi connectivity index (χ3v) is 3.42. The van der Waals surface area contributed by atoms with Gasteiger partial charge in [-0.15, -0.1) is 0 Å². The molecule has 1 aromatic rings. The van der Waals surface area contributed by atoms with Crippen LogP contribution in [0.1, 0.15) is 46.5 Å². The molecule has 0 atom stereocenters. The van der Waals surface area contributed by atoms with Gasteiger partial charge in [0.05, 0.1) is 0 Å². The van der Waals surface area contributed by atoms with Crippen LogP contribution < -0.4 is 18.9 Å². The number of ether oxygens (including phenoxy) is 1. The van der Waals surface area contributed by atoms with Gasteiger partial charge in [-0.1, -0.05) is 30.3 Å². The van der Waals surface area contributed by atoms with Gasteiger partial charge in [0.2, 0.25) is 0 Å². The monoisotopic (exact) mass is 269 g/mol. The van der Waals surface area contributed by atoms with Gasteiger partial charge in [0, 0.05) is 13.1 Å². The molecule has 1 aromatic carbocycles. The first kappa shape index (κ1) is 17.1. The van der Waals surface area contributed by atoms with Crippen LogP contribution in [0.2, 0.25) is 0 Å². The van der Waals surface area contributed by atoms with E-state index in [1.807, 2.05) is 31.7 Å². The summed E-state index contributed by atoms with van der Waals surface area (Å²) in [6.45, 7) is 7.29. The van der Waals surface area contributed by atoms with Crippen molar-refractivity contribution in [2.45, 2.75) is 45.1 Å². The van der Waals surface area contributed by atoms with Gasteiger partial charge in [0.25, 0.3) is 0 Å². The third-order valence-electron chi connectivity index (χ3n) is 3.42. The van der Waals surface area contributed by atoms with Gasteiger partial charge in [0.15, 0.2) is 0 Å². The predicted molar refractivity (Wildman–Crippen MR) is 77.3 cm³/mol. The molecule has 1 aliphatic rings. The third kappa shape index (κ3) is 4.89. The SMILES string of the molecule is CC(C)(C)OC(=O)N1CCC(c2ccccc2)CC1.[H-].[Li+]. The number of hydrogen-bond donors (Lipinski definition) is 0. The molecule has 0 bridgehead atoms. The maximum atomic E-state index is 12.0. The zero-order valence-electron chi connectivity index (χ0n) is 14.1. The van der Waals surface area contributed by atoms with E-state index in [9.17, 15) is 4.79 Å². The van der Waals surface area contributed by atoms with Crippen molar-refractivity contribution >= 4 is 6.09 Å². The van der Waals surface area contributed by atoms with Gasteiger partial charge < -0.3 is 11.1 Å². The first-order valence-electron chi connectivity index (χ1n) is 6.98. The Kier molecular flexibility index (Phi) is 6.17. The minimum atomic E-state index is -0.409. The molecule has 0 aliphatic carbocycles. The molecule has 0 spiro atoms. The quantitative estimate of drug-likeness (QED) is 0.710. The fraction of sp³-hybridized carbons (Fsp3) is 0.562. The molecule has 1 aliphatic heterocycles. The Morgan fingerprint density at radius 3 is 2.25 bits per heavy atom. The number of amides is 1. The average molecular weight is 269 g/mol.